The highest BCUT2D eigenvalue weighted by atomic mass is 19.1. The van der Waals surface area contributed by atoms with Gasteiger partial charge in [0.25, 0.3) is 0 Å². The highest BCUT2D eigenvalue weighted by Gasteiger charge is 2.44. The van der Waals surface area contributed by atoms with E-state index in [1.165, 1.54) is 0 Å². The molecule has 10 heavy (non-hydrogen) atoms. The molecule has 0 spiro atoms. The standard InChI is InChI=1S/C7H13FN2/c1-10-3-6-2-7(8,5-10)4-9-6/h6,9H,2-5H2,1H3. The van der Waals surface area contributed by atoms with E-state index in [0.717, 1.165) is 13.0 Å². The lowest BCUT2D eigenvalue weighted by Gasteiger charge is -2.31. The summed E-state index contributed by atoms with van der Waals surface area (Å²) in [5.41, 5.74) is -0.919. The summed E-state index contributed by atoms with van der Waals surface area (Å²) in [4.78, 5) is 2.06. The predicted molar refractivity (Wildman–Crippen MR) is 37.7 cm³/mol. The highest BCUT2D eigenvalue weighted by Crippen LogP contribution is 2.29. The second-order valence-corrected chi connectivity index (χ2v) is 3.63. The summed E-state index contributed by atoms with van der Waals surface area (Å²) in [5, 5.41) is 3.17. The summed E-state index contributed by atoms with van der Waals surface area (Å²) in [7, 11) is 1.98. The fraction of sp³-hybridized carbons (Fsp3) is 1.00. The Morgan fingerprint density at radius 2 is 2.50 bits per heavy atom. The van der Waals surface area contributed by atoms with E-state index in [9.17, 15) is 4.39 Å². The molecule has 0 aliphatic carbocycles. The van der Waals surface area contributed by atoms with Crippen LogP contribution >= 0.6 is 0 Å². The van der Waals surface area contributed by atoms with E-state index in [-0.39, 0.29) is 0 Å². The van der Waals surface area contributed by atoms with Gasteiger partial charge in [-0.3, -0.25) is 0 Å². The van der Waals surface area contributed by atoms with Crippen LogP contribution in [-0.4, -0.2) is 43.3 Å². The van der Waals surface area contributed by atoms with Crippen molar-refractivity contribution in [2.75, 3.05) is 26.7 Å². The largest absolute Gasteiger partial charge is 0.309 e. The van der Waals surface area contributed by atoms with Crippen molar-refractivity contribution >= 4 is 0 Å². The summed E-state index contributed by atoms with van der Waals surface area (Å²) in [6.07, 6.45) is 0.720. The summed E-state index contributed by atoms with van der Waals surface area (Å²) in [6, 6.07) is 0.406. The van der Waals surface area contributed by atoms with Gasteiger partial charge in [-0.15, -0.1) is 0 Å². The first-order valence-electron chi connectivity index (χ1n) is 3.79. The van der Waals surface area contributed by atoms with Gasteiger partial charge in [0.2, 0.25) is 0 Å². The number of likely N-dealkylation sites (N-methyl/N-ethyl adjacent to an activating group) is 1. The molecule has 2 aliphatic heterocycles. The quantitative estimate of drug-likeness (QED) is 0.515. The van der Waals surface area contributed by atoms with E-state index < -0.39 is 5.67 Å². The molecule has 0 saturated carbocycles. The van der Waals surface area contributed by atoms with E-state index >= 15 is 0 Å². The van der Waals surface area contributed by atoms with E-state index in [2.05, 4.69) is 10.2 Å². The van der Waals surface area contributed by atoms with Crippen LogP contribution < -0.4 is 5.32 Å². The van der Waals surface area contributed by atoms with Crippen molar-refractivity contribution in [3.8, 4) is 0 Å². The molecular formula is C7H13FN2. The molecule has 0 amide bonds. The van der Waals surface area contributed by atoms with Gasteiger partial charge in [-0.1, -0.05) is 0 Å². The zero-order valence-corrected chi connectivity index (χ0v) is 6.23. The van der Waals surface area contributed by atoms with Gasteiger partial charge in [0.1, 0.15) is 5.67 Å². The Balaban J connectivity index is 2.13. The Labute approximate surface area is 60.4 Å². The molecule has 0 aromatic heterocycles. The van der Waals surface area contributed by atoms with Crippen LogP contribution in [0.15, 0.2) is 0 Å². The van der Waals surface area contributed by atoms with Gasteiger partial charge in [-0.2, -0.15) is 0 Å². The molecule has 0 radical (unpaired) electrons. The normalized spacial score (nSPS) is 48.0. The number of halogens is 1. The second-order valence-electron chi connectivity index (χ2n) is 3.63. The average Bonchev–Trinajstić information content (AvgIpc) is 2.06. The number of rotatable bonds is 0. The van der Waals surface area contributed by atoms with Gasteiger partial charge < -0.3 is 10.2 Å². The number of nitrogens with zero attached hydrogens (tertiary/aromatic N) is 1. The van der Waals surface area contributed by atoms with Gasteiger partial charge in [-0.05, 0) is 7.05 Å². The zero-order chi connectivity index (χ0) is 7.19. The lowest BCUT2D eigenvalue weighted by atomic mass is 9.97. The molecule has 2 rings (SSSR count). The third-order valence-electron chi connectivity index (χ3n) is 2.41. The van der Waals surface area contributed by atoms with E-state index in [4.69, 9.17) is 0 Å². The first-order valence-corrected chi connectivity index (χ1v) is 3.79. The molecule has 2 unspecified atom stereocenters. The fourth-order valence-electron chi connectivity index (χ4n) is 2.09. The second kappa shape index (κ2) is 1.92. The van der Waals surface area contributed by atoms with Crippen LogP contribution in [0.3, 0.4) is 0 Å². The molecule has 2 saturated heterocycles. The fourth-order valence-corrected chi connectivity index (χ4v) is 2.09. The minimum Gasteiger partial charge on any atom is -0.309 e. The van der Waals surface area contributed by atoms with Crippen LogP contribution in [0.2, 0.25) is 0 Å². The summed E-state index contributed by atoms with van der Waals surface area (Å²) in [6.45, 7) is 2.17. The van der Waals surface area contributed by atoms with E-state index in [1.54, 1.807) is 0 Å². The average molecular weight is 144 g/mol. The smallest absolute Gasteiger partial charge is 0.137 e. The maximum atomic E-state index is 13.5. The third kappa shape index (κ3) is 0.935. The van der Waals surface area contributed by atoms with Crippen molar-refractivity contribution < 1.29 is 4.39 Å². The van der Waals surface area contributed by atoms with Gasteiger partial charge in [0.15, 0.2) is 0 Å². The lowest BCUT2D eigenvalue weighted by molar-refractivity contribution is 0.0947. The Morgan fingerprint density at radius 1 is 1.70 bits per heavy atom. The maximum absolute atomic E-state index is 13.5. The number of piperidine rings is 1. The molecule has 1 N–H and O–H groups in total. The van der Waals surface area contributed by atoms with Gasteiger partial charge in [-0.25, -0.2) is 4.39 Å². The Kier molecular flexibility index (Phi) is 1.26. The van der Waals surface area contributed by atoms with Crippen LogP contribution in [0, 0.1) is 0 Å². The molecule has 0 aromatic rings. The number of alkyl halides is 1. The van der Waals surface area contributed by atoms with Gasteiger partial charge in [0.05, 0.1) is 0 Å². The number of nitrogens with one attached hydrogen (secondary N) is 1. The van der Waals surface area contributed by atoms with Crippen LogP contribution in [-0.2, 0) is 0 Å². The first-order chi connectivity index (χ1) is 4.68. The van der Waals surface area contributed by atoms with Crippen molar-refractivity contribution in [2.24, 2.45) is 0 Å². The van der Waals surface area contributed by atoms with Crippen molar-refractivity contribution in [1.29, 1.82) is 0 Å². The molecule has 2 heterocycles. The molecule has 0 aromatic carbocycles. The van der Waals surface area contributed by atoms with Crippen LogP contribution in [0.5, 0.6) is 0 Å². The third-order valence-corrected chi connectivity index (χ3v) is 2.41. The summed E-state index contributed by atoms with van der Waals surface area (Å²) in [5.74, 6) is 0. The van der Waals surface area contributed by atoms with Crippen LogP contribution in [0.25, 0.3) is 0 Å². The molecule has 2 nitrogen and oxygen atoms in total. The molecule has 2 fully saturated rings. The van der Waals surface area contributed by atoms with Crippen LogP contribution in [0.1, 0.15) is 6.42 Å². The Morgan fingerprint density at radius 3 is 3.20 bits per heavy atom. The predicted octanol–water partition coefficient (Wildman–Crippen LogP) is 0.00200. The monoisotopic (exact) mass is 144 g/mol. The van der Waals surface area contributed by atoms with Crippen molar-refractivity contribution in [3.63, 3.8) is 0 Å². The number of hydrogen-bond acceptors (Lipinski definition) is 2. The highest BCUT2D eigenvalue weighted by molar-refractivity contribution is 5.01. The van der Waals surface area contributed by atoms with Crippen molar-refractivity contribution in [1.82, 2.24) is 10.2 Å². The number of fused-ring (bicyclic) bond motifs is 2. The topological polar surface area (TPSA) is 15.3 Å². The number of hydrogen-bond donors (Lipinski definition) is 1. The number of likely N-dealkylation sites (tertiary alicyclic amines) is 1. The molecule has 2 bridgehead atoms. The van der Waals surface area contributed by atoms with Crippen molar-refractivity contribution in [2.45, 2.75) is 18.1 Å². The minimum atomic E-state index is -0.919. The molecule has 58 valence electrons. The van der Waals surface area contributed by atoms with E-state index in [1.807, 2.05) is 7.05 Å². The van der Waals surface area contributed by atoms with Crippen LogP contribution in [0.4, 0.5) is 4.39 Å². The van der Waals surface area contributed by atoms with E-state index in [0.29, 0.717) is 19.1 Å². The molecular weight excluding hydrogens is 131 g/mol. The molecule has 3 heteroatoms. The Hall–Kier alpha value is -0.150. The van der Waals surface area contributed by atoms with Crippen molar-refractivity contribution in [3.05, 3.63) is 0 Å². The SMILES string of the molecule is CN1CC2CC(F)(CN2)C1. The first kappa shape index (κ1) is 6.55. The summed E-state index contributed by atoms with van der Waals surface area (Å²) >= 11 is 0. The minimum absolute atomic E-state index is 0.406. The van der Waals surface area contributed by atoms with Gasteiger partial charge in [0, 0.05) is 32.1 Å². The maximum Gasteiger partial charge on any atom is 0.137 e. The zero-order valence-electron chi connectivity index (χ0n) is 6.23. The Bertz CT molecular complexity index is 151. The lowest BCUT2D eigenvalue weighted by Crippen LogP contribution is -2.45. The summed E-state index contributed by atoms with van der Waals surface area (Å²) < 4.78 is 13.5. The molecule has 2 aliphatic rings. The van der Waals surface area contributed by atoms with Gasteiger partial charge >= 0.3 is 0 Å². The molecule has 2 atom stereocenters.